The minimum atomic E-state index is -0.411. The van der Waals surface area contributed by atoms with Crippen molar-refractivity contribution in [1.82, 2.24) is 9.80 Å². The second-order valence-corrected chi connectivity index (χ2v) is 9.69. The largest absolute Gasteiger partial charge is 0.393 e. The van der Waals surface area contributed by atoms with E-state index in [4.69, 9.17) is 23.2 Å². The average Bonchev–Trinajstić information content (AvgIpc) is 3.14. The van der Waals surface area contributed by atoms with Crippen molar-refractivity contribution >= 4 is 35.0 Å². The van der Waals surface area contributed by atoms with Crippen LogP contribution in [0.15, 0.2) is 46.8 Å². The molecule has 1 N–H and O–H groups in total. The molecule has 0 radical (unpaired) electrons. The number of nitriles is 1. The van der Waals surface area contributed by atoms with Gasteiger partial charge in [-0.15, -0.1) is 0 Å². The number of amides is 2. The number of aliphatic hydroxyl groups excluding tert-OH is 1. The van der Waals surface area contributed by atoms with Crippen LogP contribution in [0.4, 0.5) is 0 Å². The summed E-state index contributed by atoms with van der Waals surface area (Å²) >= 11 is 13.1. The number of allylic oxidation sites excluding steroid dienone is 4. The molecule has 1 fully saturated rings. The lowest BCUT2D eigenvalue weighted by Crippen LogP contribution is -2.40. The number of hydrogen-bond donors (Lipinski definition) is 1. The first-order valence-electron chi connectivity index (χ1n) is 10.9. The van der Waals surface area contributed by atoms with Crippen molar-refractivity contribution in [2.45, 2.75) is 39.7 Å². The molecule has 1 aliphatic carbocycles. The summed E-state index contributed by atoms with van der Waals surface area (Å²) in [5, 5.41) is 19.4. The highest BCUT2D eigenvalue weighted by Crippen LogP contribution is 2.46. The zero-order valence-corrected chi connectivity index (χ0v) is 20.2. The molecule has 2 atom stereocenters. The molecule has 0 aromatic heterocycles. The predicted octanol–water partition coefficient (Wildman–Crippen LogP) is 4.94. The van der Waals surface area contributed by atoms with Crippen LogP contribution in [0.1, 0.15) is 54.3 Å². The van der Waals surface area contributed by atoms with Crippen LogP contribution in [-0.4, -0.2) is 45.9 Å². The van der Waals surface area contributed by atoms with Gasteiger partial charge >= 0.3 is 0 Å². The zero-order chi connectivity index (χ0) is 24.0. The molecule has 2 amide bonds. The molecule has 1 aromatic rings. The smallest absolute Gasteiger partial charge is 0.265 e. The molecule has 1 saturated heterocycles. The Morgan fingerprint density at radius 2 is 1.82 bits per heavy atom. The first-order valence-corrected chi connectivity index (χ1v) is 11.7. The fourth-order valence-electron chi connectivity index (χ4n) is 4.98. The summed E-state index contributed by atoms with van der Waals surface area (Å²) in [6, 6.07) is 5.32. The van der Waals surface area contributed by atoms with E-state index in [2.05, 4.69) is 6.07 Å². The summed E-state index contributed by atoms with van der Waals surface area (Å²) < 4.78 is 0. The number of carbonyl (C=O) groups excluding carboxylic acids is 2. The van der Waals surface area contributed by atoms with E-state index in [0.717, 1.165) is 16.8 Å². The standard InChI is InChI=1S/C25H25Cl2N3O3/c1-13-10-16(11-28)15(3)20-14(2)12-30(23(13)20)25(33)21-19(26)5-4-18(22(21)27)24(32)29-8-6-17(31)7-9-29/h4-5,10,12,15,17,20,31H,6-9H2,1-3H3. The third kappa shape index (κ3) is 3.99. The van der Waals surface area contributed by atoms with Gasteiger partial charge in [0.15, 0.2) is 0 Å². The van der Waals surface area contributed by atoms with E-state index >= 15 is 0 Å². The lowest BCUT2D eigenvalue weighted by atomic mass is 9.77. The number of nitrogens with zero attached hydrogens (tertiary/aromatic N) is 3. The van der Waals surface area contributed by atoms with Crippen LogP contribution in [0.5, 0.6) is 0 Å². The van der Waals surface area contributed by atoms with Gasteiger partial charge < -0.3 is 10.0 Å². The summed E-state index contributed by atoms with van der Waals surface area (Å²) in [5.41, 5.74) is 3.58. The van der Waals surface area contributed by atoms with Gasteiger partial charge in [-0.1, -0.05) is 30.1 Å². The Morgan fingerprint density at radius 3 is 2.45 bits per heavy atom. The van der Waals surface area contributed by atoms with Crippen molar-refractivity contribution in [1.29, 1.82) is 5.26 Å². The second-order valence-electron chi connectivity index (χ2n) is 8.90. The van der Waals surface area contributed by atoms with Crippen molar-refractivity contribution in [2.75, 3.05) is 13.1 Å². The van der Waals surface area contributed by atoms with E-state index in [1.54, 1.807) is 16.0 Å². The molecule has 6 nitrogen and oxygen atoms in total. The first-order chi connectivity index (χ1) is 15.6. The average molecular weight is 486 g/mol. The van der Waals surface area contributed by atoms with Gasteiger partial charge in [-0.2, -0.15) is 5.26 Å². The van der Waals surface area contributed by atoms with Gasteiger partial charge in [-0.05, 0) is 56.0 Å². The predicted molar refractivity (Wildman–Crippen MR) is 127 cm³/mol. The Labute approximate surface area is 203 Å². The molecule has 2 heterocycles. The van der Waals surface area contributed by atoms with Crippen LogP contribution >= 0.6 is 23.2 Å². The number of rotatable bonds is 2. The van der Waals surface area contributed by atoms with Gasteiger partial charge in [-0.25, -0.2) is 0 Å². The highest BCUT2D eigenvalue weighted by atomic mass is 35.5. The van der Waals surface area contributed by atoms with Crippen molar-refractivity contribution < 1.29 is 14.7 Å². The van der Waals surface area contributed by atoms with Crippen LogP contribution in [0.2, 0.25) is 10.0 Å². The highest BCUT2D eigenvalue weighted by molar-refractivity contribution is 6.41. The van der Waals surface area contributed by atoms with E-state index < -0.39 is 12.0 Å². The monoisotopic (exact) mass is 485 g/mol. The Morgan fingerprint density at radius 1 is 1.15 bits per heavy atom. The zero-order valence-electron chi connectivity index (χ0n) is 18.7. The van der Waals surface area contributed by atoms with Gasteiger partial charge in [0.25, 0.3) is 11.8 Å². The Balaban J connectivity index is 1.72. The number of carbonyl (C=O) groups is 2. The lowest BCUT2D eigenvalue weighted by Gasteiger charge is -2.31. The molecule has 8 heteroatoms. The van der Waals surface area contributed by atoms with Gasteiger partial charge in [0.1, 0.15) is 0 Å². The Hall–Kier alpha value is -2.59. The fraction of sp³-hybridized carbons (Fsp3) is 0.400. The number of likely N-dealkylation sites (tertiary alicyclic amines) is 1. The summed E-state index contributed by atoms with van der Waals surface area (Å²) in [6.07, 6.45) is 4.19. The maximum absolute atomic E-state index is 13.7. The summed E-state index contributed by atoms with van der Waals surface area (Å²) in [7, 11) is 0. The van der Waals surface area contributed by atoms with E-state index in [0.29, 0.717) is 31.5 Å². The summed E-state index contributed by atoms with van der Waals surface area (Å²) in [5.74, 6) is -0.843. The number of fused-ring (bicyclic) bond motifs is 1. The van der Waals surface area contributed by atoms with Gasteiger partial charge in [0.2, 0.25) is 0 Å². The first kappa shape index (κ1) is 23.6. The Bertz CT molecular complexity index is 1170. The van der Waals surface area contributed by atoms with Crippen LogP contribution in [-0.2, 0) is 0 Å². The van der Waals surface area contributed by atoms with Gasteiger partial charge in [-0.3, -0.25) is 14.5 Å². The normalized spacial score (nSPS) is 23.2. The maximum atomic E-state index is 13.7. The van der Waals surface area contributed by atoms with E-state index in [-0.39, 0.29) is 38.9 Å². The maximum Gasteiger partial charge on any atom is 0.265 e. The molecule has 4 rings (SSSR count). The third-order valence-electron chi connectivity index (χ3n) is 6.78. The quantitative estimate of drug-likeness (QED) is 0.642. The molecule has 2 aliphatic heterocycles. The number of aliphatic hydroxyl groups is 1. The minimum absolute atomic E-state index is 0.0218. The minimum Gasteiger partial charge on any atom is -0.393 e. The van der Waals surface area contributed by atoms with Crippen molar-refractivity contribution in [3.05, 3.63) is 68.0 Å². The van der Waals surface area contributed by atoms with Crippen LogP contribution in [0.25, 0.3) is 0 Å². The number of hydrogen-bond acceptors (Lipinski definition) is 4. The number of benzene rings is 1. The molecule has 172 valence electrons. The molecule has 1 aromatic carbocycles. The second kappa shape index (κ2) is 8.98. The number of halogens is 2. The molecule has 0 spiro atoms. The molecular formula is C25H25Cl2N3O3. The summed E-state index contributed by atoms with van der Waals surface area (Å²) in [6.45, 7) is 6.65. The molecular weight excluding hydrogens is 461 g/mol. The van der Waals surface area contributed by atoms with Crippen molar-refractivity contribution in [3.63, 3.8) is 0 Å². The molecule has 3 aliphatic rings. The fourth-order valence-corrected chi connectivity index (χ4v) is 5.59. The van der Waals surface area contributed by atoms with Crippen molar-refractivity contribution in [3.8, 4) is 6.07 Å². The molecule has 33 heavy (non-hydrogen) atoms. The number of piperidine rings is 1. The lowest BCUT2D eigenvalue weighted by molar-refractivity contribution is 0.0546. The topological polar surface area (TPSA) is 84.6 Å². The van der Waals surface area contributed by atoms with E-state index in [1.165, 1.54) is 12.1 Å². The Kier molecular flexibility index (Phi) is 6.41. The van der Waals surface area contributed by atoms with Crippen LogP contribution < -0.4 is 0 Å². The van der Waals surface area contributed by atoms with Crippen LogP contribution in [0, 0.1) is 23.2 Å². The molecule has 2 unspecified atom stereocenters. The van der Waals surface area contributed by atoms with Crippen LogP contribution in [0.3, 0.4) is 0 Å². The third-order valence-corrected chi connectivity index (χ3v) is 7.49. The van der Waals surface area contributed by atoms with Gasteiger partial charge in [0, 0.05) is 42.4 Å². The highest BCUT2D eigenvalue weighted by Gasteiger charge is 2.41. The summed E-state index contributed by atoms with van der Waals surface area (Å²) in [4.78, 5) is 30.0. The van der Waals surface area contributed by atoms with E-state index in [1.807, 2.05) is 26.8 Å². The SMILES string of the molecule is CC1=CN(C(=O)c2c(Cl)ccc(C(=O)N3CCC(O)CC3)c2Cl)C2=C(C)C=C(C#N)C(C)C12. The molecule has 0 bridgehead atoms. The van der Waals surface area contributed by atoms with Gasteiger partial charge in [0.05, 0.1) is 33.3 Å². The van der Waals surface area contributed by atoms with E-state index in [9.17, 15) is 20.0 Å². The molecule has 0 saturated carbocycles. The van der Waals surface area contributed by atoms with Crippen molar-refractivity contribution in [2.24, 2.45) is 11.8 Å².